The van der Waals surface area contributed by atoms with E-state index in [9.17, 15) is 9.00 Å². The first-order valence-electron chi connectivity index (χ1n) is 9.31. The maximum atomic E-state index is 12.3. The van der Waals surface area contributed by atoms with Crippen LogP contribution in [0, 0.1) is 0 Å². The summed E-state index contributed by atoms with van der Waals surface area (Å²) in [6, 6.07) is 17.9. The lowest BCUT2D eigenvalue weighted by Crippen LogP contribution is -2.48. The second-order valence-corrected chi connectivity index (χ2v) is 8.27. The van der Waals surface area contributed by atoms with Crippen molar-refractivity contribution in [3.63, 3.8) is 0 Å². The SMILES string of the molecule is C[S@](=O)Cc1cccc(C(=O)NCCN2CCN(c3ccccc3)CC2)c1. The number of piperazine rings is 1. The predicted molar refractivity (Wildman–Crippen MR) is 112 cm³/mol. The molecule has 1 saturated heterocycles. The minimum atomic E-state index is -0.906. The van der Waals surface area contributed by atoms with Gasteiger partial charge in [0.25, 0.3) is 5.91 Å². The Morgan fingerprint density at radius 3 is 2.48 bits per heavy atom. The van der Waals surface area contributed by atoms with Crippen molar-refractivity contribution in [3.8, 4) is 0 Å². The molecule has 0 spiro atoms. The molecule has 0 bridgehead atoms. The van der Waals surface area contributed by atoms with Crippen molar-refractivity contribution in [2.75, 3.05) is 50.4 Å². The fourth-order valence-corrected chi connectivity index (χ4v) is 3.98. The van der Waals surface area contributed by atoms with Crippen LogP contribution in [-0.2, 0) is 16.6 Å². The summed E-state index contributed by atoms with van der Waals surface area (Å²) >= 11 is 0. The summed E-state index contributed by atoms with van der Waals surface area (Å²) in [5.74, 6) is 0.411. The molecule has 6 heteroatoms. The molecule has 1 atom stereocenters. The van der Waals surface area contributed by atoms with Crippen LogP contribution in [0.4, 0.5) is 5.69 Å². The summed E-state index contributed by atoms with van der Waals surface area (Å²) in [6.07, 6.45) is 1.67. The lowest BCUT2D eigenvalue weighted by Gasteiger charge is -2.36. The molecule has 1 N–H and O–H groups in total. The molecule has 144 valence electrons. The topological polar surface area (TPSA) is 52.7 Å². The van der Waals surface area contributed by atoms with Gasteiger partial charge in [0.2, 0.25) is 0 Å². The molecule has 1 heterocycles. The van der Waals surface area contributed by atoms with Crippen LogP contribution in [0.1, 0.15) is 15.9 Å². The summed E-state index contributed by atoms with van der Waals surface area (Å²) in [4.78, 5) is 17.1. The summed E-state index contributed by atoms with van der Waals surface area (Å²) < 4.78 is 11.4. The Balaban J connectivity index is 1.41. The molecule has 0 aliphatic carbocycles. The molecule has 1 fully saturated rings. The van der Waals surface area contributed by atoms with Gasteiger partial charge in [-0.25, -0.2) is 0 Å². The van der Waals surface area contributed by atoms with E-state index in [-0.39, 0.29) is 5.91 Å². The number of amides is 1. The Kier molecular flexibility index (Phi) is 7.01. The molecular weight excluding hydrogens is 358 g/mol. The first kappa shape index (κ1) is 19.6. The Morgan fingerprint density at radius 1 is 1.04 bits per heavy atom. The molecule has 5 nitrogen and oxygen atoms in total. The van der Waals surface area contributed by atoms with Crippen molar-refractivity contribution in [2.45, 2.75) is 5.75 Å². The lowest BCUT2D eigenvalue weighted by atomic mass is 10.1. The second kappa shape index (κ2) is 9.67. The molecule has 1 aliphatic heterocycles. The van der Waals surface area contributed by atoms with E-state index >= 15 is 0 Å². The van der Waals surface area contributed by atoms with Gasteiger partial charge in [-0.2, -0.15) is 0 Å². The lowest BCUT2D eigenvalue weighted by molar-refractivity contribution is 0.0947. The predicted octanol–water partition coefficient (Wildman–Crippen LogP) is 2.12. The number of hydrogen-bond donors (Lipinski definition) is 1. The molecule has 1 aliphatic rings. The highest BCUT2D eigenvalue weighted by atomic mass is 32.2. The summed E-state index contributed by atoms with van der Waals surface area (Å²) in [5, 5.41) is 3.00. The van der Waals surface area contributed by atoms with E-state index in [1.165, 1.54) is 5.69 Å². The Labute approximate surface area is 163 Å². The van der Waals surface area contributed by atoms with Gasteiger partial charge >= 0.3 is 0 Å². The Hall–Kier alpha value is -2.18. The second-order valence-electron chi connectivity index (χ2n) is 6.84. The first-order valence-corrected chi connectivity index (χ1v) is 11.0. The van der Waals surface area contributed by atoms with E-state index in [2.05, 4.69) is 39.4 Å². The van der Waals surface area contributed by atoms with Crippen molar-refractivity contribution in [1.29, 1.82) is 0 Å². The number of carbonyl (C=O) groups is 1. The van der Waals surface area contributed by atoms with Crippen LogP contribution in [-0.4, -0.2) is 60.5 Å². The molecule has 0 aromatic heterocycles. The zero-order chi connectivity index (χ0) is 19.1. The van der Waals surface area contributed by atoms with E-state index < -0.39 is 10.8 Å². The van der Waals surface area contributed by atoms with Gasteiger partial charge in [0.1, 0.15) is 0 Å². The molecule has 0 unspecified atom stereocenters. The highest BCUT2D eigenvalue weighted by Gasteiger charge is 2.17. The van der Waals surface area contributed by atoms with Crippen LogP contribution in [0.2, 0.25) is 0 Å². The molecule has 0 saturated carbocycles. The van der Waals surface area contributed by atoms with E-state index in [1.807, 2.05) is 24.3 Å². The number of anilines is 1. The van der Waals surface area contributed by atoms with Crippen molar-refractivity contribution < 1.29 is 9.00 Å². The molecule has 2 aromatic carbocycles. The first-order chi connectivity index (χ1) is 13.1. The van der Waals surface area contributed by atoms with Crippen LogP contribution in [0.15, 0.2) is 54.6 Å². The maximum absolute atomic E-state index is 12.3. The van der Waals surface area contributed by atoms with Crippen LogP contribution in [0.3, 0.4) is 0 Å². The van der Waals surface area contributed by atoms with Crippen LogP contribution in [0.25, 0.3) is 0 Å². The Bertz CT molecular complexity index is 774. The minimum Gasteiger partial charge on any atom is -0.369 e. The molecular formula is C21H27N3O2S. The number of benzene rings is 2. The Morgan fingerprint density at radius 2 is 1.78 bits per heavy atom. The highest BCUT2D eigenvalue weighted by Crippen LogP contribution is 2.15. The minimum absolute atomic E-state index is 0.0679. The zero-order valence-electron chi connectivity index (χ0n) is 15.8. The third kappa shape index (κ3) is 5.91. The molecule has 2 aromatic rings. The highest BCUT2D eigenvalue weighted by molar-refractivity contribution is 7.83. The number of hydrogen-bond acceptors (Lipinski definition) is 4. The average molecular weight is 386 g/mol. The number of para-hydroxylation sites is 1. The summed E-state index contributed by atoms with van der Waals surface area (Å²) in [5.41, 5.74) is 2.84. The van der Waals surface area contributed by atoms with E-state index in [1.54, 1.807) is 12.3 Å². The van der Waals surface area contributed by atoms with Crippen molar-refractivity contribution in [2.24, 2.45) is 0 Å². The zero-order valence-corrected chi connectivity index (χ0v) is 16.6. The van der Waals surface area contributed by atoms with Gasteiger partial charge < -0.3 is 10.2 Å². The van der Waals surface area contributed by atoms with E-state index in [4.69, 9.17) is 0 Å². The van der Waals surface area contributed by atoms with E-state index in [0.717, 1.165) is 38.3 Å². The van der Waals surface area contributed by atoms with Gasteiger partial charge in [0, 0.05) is 73.3 Å². The maximum Gasteiger partial charge on any atom is 0.251 e. The van der Waals surface area contributed by atoms with Gasteiger partial charge in [0.05, 0.1) is 0 Å². The summed E-state index contributed by atoms with van der Waals surface area (Å²) in [6.45, 7) is 5.51. The van der Waals surface area contributed by atoms with Crippen molar-refractivity contribution in [3.05, 3.63) is 65.7 Å². The quantitative estimate of drug-likeness (QED) is 0.793. The van der Waals surface area contributed by atoms with Gasteiger partial charge in [-0.05, 0) is 29.8 Å². The van der Waals surface area contributed by atoms with E-state index in [0.29, 0.717) is 17.9 Å². The number of rotatable bonds is 7. The number of carbonyl (C=O) groups excluding carboxylic acids is 1. The van der Waals surface area contributed by atoms with Gasteiger partial charge in [-0.1, -0.05) is 30.3 Å². The van der Waals surface area contributed by atoms with Gasteiger partial charge in [-0.15, -0.1) is 0 Å². The van der Waals surface area contributed by atoms with Crippen LogP contribution < -0.4 is 10.2 Å². The number of nitrogens with zero attached hydrogens (tertiary/aromatic N) is 2. The van der Waals surface area contributed by atoms with Crippen LogP contribution in [0.5, 0.6) is 0 Å². The smallest absolute Gasteiger partial charge is 0.251 e. The van der Waals surface area contributed by atoms with Crippen molar-refractivity contribution >= 4 is 22.4 Å². The monoisotopic (exact) mass is 385 g/mol. The van der Waals surface area contributed by atoms with Crippen LogP contribution >= 0.6 is 0 Å². The fourth-order valence-electron chi connectivity index (χ4n) is 3.34. The largest absolute Gasteiger partial charge is 0.369 e. The van der Waals surface area contributed by atoms with Crippen molar-refractivity contribution in [1.82, 2.24) is 10.2 Å². The average Bonchev–Trinajstić information content (AvgIpc) is 2.69. The normalized spacial score (nSPS) is 16.1. The molecule has 1 amide bonds. The fraction of sp³-hybridized carbons (Fsp3) is 0.381. The third-order valence-corrected chi connectivity index (χ3v) is 5.51. The molecule has 3 rings (SSSR count). The number of nitrogens with one attached hydrogen (secondary N) is 1. The molecule has 0 radical (unpaired) electrons. The van der Waals surface area contributed by atoms with Gasteiger partial charge in [-0.3, -0.25) is 13.9 Å². The standard InChI is InChI=1S/C21H27N3O2S/c1-27(26)17-18-6-5-7-19(16-18)21(25)22-10-11-23-12-14-24(15-13-23)20-8-3-2-4-9-20/h2-9,16H,10-15,17H2,1H3,(H,22,25)/t27-/m0/s1. The third-order valence-electron chi connectivity index (χ3n) is 4.77. The van der Waals surface area contributed by atoms with Gasteiger partial charge in [0.15, 0.2) is 0 Å². The summed E-state index contributed by atoms with van der Waals surface area (Å²) in [7, 11) is -0.906. The molecule has 27 heavy (non-hydrogen) atoms.